The molecule has 0 saturated heterocycles. The minimum Gasteiger partial charge on any atom is -0.392 e. The van der Waals surface area contributed by atoms with E-state index in [0.29, 0.717) is 0 Å². The monoisotopic (exact) mass is 268 g/mol. The highest BCUT2D eigenvalue weighted by Crippen LogP contribution is 2.37. The molecule has 0 saturated carbocycles. The highest BCUT2D eigenvalue weighted by Gasteiger charge is 2.11. The molecule has 0 fully saturated rings. The van der Waals surface area contributed by atoms with Gasteiger partial charge in [-0.1, -0.05) is 30.3 Å². The summed E-state index contributed by atoms with van der Waals surface area (Å²) < 4.78 is 1.32. The van der Waals surface area contributed by atoms with E-state index in [1.54, 1.807) is 11.3 Å². The Balaban J connectivity index is 2.31. The molecule has 2 heteroatoms. The van der Waals surface area contributed by atoms with Gasteiger partial charge in [-0.2, -0.15) is 0 Å². The van der Waals surface area contributed by atoms with Crippen molar-refractivity contribution in [3.8, 4) is 11.1 Å². The summed E-state index contributed by atoms with van der Waals surface area (Å²) in [5.41, 5.74) is 6.07. The van der Waals surface area contributed by atoms with Gasteiger partial charge in [0.05, 0.1) is 6.61 Å². The first-order valence-electron chi connectivity index (χ1n) is 6.38. The molecule has 1 aromatic heterocycles. The Morgan fingerprint density at radius 3 is 2.53 bits per heavy atom. The second-order valence-corrected chi connectivity index (χ2v) is 5.79. The lowest BCUT2D eigenvalue weighted by molar-refractivity contribution is 0.282. The Kier molecular flexibility index (Phi) is 3.13. The molecular weight excluding hydrogens is 252 g/mol. The third-order valence-corrected chi connectivity index (χ3v) is 4.67. The van der Waals surface area contributed by atoms with Crippen LogP contribution in [-0.4, -0.2) is 5.11 Å². The van der Waals surface area contributed by atoms with Crippen LogP contribution in [0.5, 0.6) is 0 Å². The highest BCUT2D eigenvalue weighted by molar-refractivity contribution is 7.18. The quantitative estimate of drug-likeness (QED) is 0.715. The molecule has 0 aliphatic rings. The van der Waals surface area contributed by atoms with E-state index in [1.165, 1.54) is 32.3 Å². The summed E-state index contributed by atoms with van der Waals surface area (Å²) in [6, 6.07) is 12.6. The zero-order valence-electron chi connectivity index (χ0n) is 11.1. The fourth-order valence-electron chi connectivity index (χ4n) is 2.56. The van der Waals surface area contributed by atoms with Crippen molar-refractivity contribution in [2.75, 3.05) is 0 Å². The van der Waals surface area contributed by atoms with Crippen molar-refractivity contribution in [1.82, 2.24) is 0 Å². The number of aliphatic hydroxyl groups excluding tert-OH is 1. The summed E-state index contributed by atoms with van der Waals surface area (Å²) in [6.45, 7) is 4.35. The van der Waals surface area contributed by atoms with E-state index < -0.39 is 0 Å². The molecule has 96 valence electrons. The Morgan fingerprint density at radius 2 is 1.79 bits per heavy atom. The number of thiophene rings is 1. The van der Waals surface area contributed by atoms with Gasteiger partial charge < -0.3 is 5.11 Å². The van der Waals surface area contributed by atoms with Gasteiger partial charge in [-0.25, -0.2) is 0 Å². The average Bonchev–Trinajstić information content (AvgIpc) is 2.83. The van der Waals surface area contributed by atoms with Gasteiger partial charge in [-0.3, -0.25) is 0 Å². The molecule has 3 rings (SSSR count). The number of aryl methyl sites for hydroxylation is 2. The molecule has 3 aromatic rings. The van der Waals surface area contributed by atoms with Gasteiger partial charge in [0.2, 0.25) is 0 Å². The predicted octanol–water partition coefficient (Wildman–Crippen LogP) is 4.68. The summed E-state index contributed by atoms with van der Waals surface area (Å²) in [5, 5.41) is 12.9. The van der Waals surface area contributed by atoms with E-state index >= 15 is 0 Å². The zero-order valence-corrected chi connectivity index (χ0v) is 11.9. The van der Waals surface area contributed by atoms with Crippen LogP contribution in [0.4, 0.5) is 0 Å². The molecule has 0 aliphatic heterocycles. The topological polar surface area (TPSA) is 20.2 Å². The van der Waals surface area contributed by atoms with E-state index in [1.807, 2.05) is 0 Å². The molecule has 0 atom stereocenters. The van der Waals surface area contributed by atoms with E-state index in [9.17, 15) is 5.11 Å². The summed E-state index contributed by atoms with van der Waals surface area (Å²) >= 11 is 1.78. The van der Waals surface area contributed by atoms with Crippen LogP contribution in [0.15, 0.2) is 41.8 Å². The first-order chi connectivity index (χ1) is 9.20. The minimum atomic E-state index is 0.0971. The molecule has 1 heterocycles. The third kappa shape index (κ3) is 2.07. The molecule has 0 radical (unpaired) electrons. The molecule has 0 unspecified atom stereocenters. The summed E-state index contributed by atoms with van der Waals surface area (Å²) in [4.78, 5) is 0. The zero-order chi connectivity index (χ0) is 13.4. The minimum absolute atomic E-state index is 0.0971. The third-order valence-electron chi connectivity index (χ3n) is 3.54. The second-order valence-electron chi connectivity index (χ2n) is 4.91. The number of hydrogen-bond donors (Lipinski definition) is 1. The van der Waals surface area contributed by atoms with Crippen LogP contribution in [0.3, 0.4) is 0 Å². The maximum atomic E-state index is 9.38. The first kappa shape index (κ1) is 12.4. The van der Waals surface area contributed by atoms with Gasteiger partial charge in [0, 0.05) is 15.6 Å². The van der Waals surface area contributed by atoms with Crippen LogP contribution < -0.4 is 0 Å². The molecule has 0 spiro atoms. The van der Waals surface area contributed by atoms with Crippen LogP contribution in [0, 0.1) is 13.8 Å². The Morgan fingerprint density at radius 1 is 1.00 bits per heavy atom. The number of hydrogen-bond acceptors (Lipinski definition) is 2. The second kappa shape index (κ2) is 4.80. The lowest BCUT2D eigenvalue weighted by atomic mass is 9.98. The van der Waals surface area contributed by atoms with Crippen molar-refractivity contribution in [3.63, 3.8) is 0 Å². The van der Waals surface area contributed by atoms with Gasteiger partial charge in [0.1, 0.15) is 0 Å². The van der Waals surface area contributed by atoms with Crippen molar-refractivity contribution in [2.24, 2.45) is 0 Å². The standard InChI is InChI=1S/C17H16OS/c1-11-5-3-4-6-14(11)16-10-19-17-12(2)7-13(9-18)8-15(16)17/h3-8,10,18H,9H2,1-2H3. The SMILES string of the molecule is Cc1ccccc1-c1csc2c(C)cc(CO)cc12. The van der Waals surface area contributed by atoms with E-state index in [0.717, 1.165) is 5.56 Å². The molecule has 2 aromatic carbocycles. The normalized spacial score (nSPS) is 11.1. The first-order valence-corrected chi connectivity index (χ1v) is 7.26. The Hall–Kier alpha value is -1.64. The number of aliphatic hydroxyl groups is 1. The van der Waals surface area contributed by atoms with E-state index in [4.69, 9.17) is 0 Å². The average molecular weight is 268 g/mol. The lowest BCUT2D eigenvalue weighted by Crippen LogP contribution is -1.86. The number of rotatable bonds is 2. The van der Waals surface area contributed by atoms with Crippen molar-refractivity contribution in [1.29, 1.82) is 0 Å². The summed E-state index contributed by atoms with van der Waals surface area (Å²) in [5.74, 6) is 0. The van der Waals surface area contributed by atoms with Crippen LogP contribution >= 0.6 is 11.3 Å². The maximum absolute atomic E-state index is 9.38. The van der Waals surface area contributed by atoms with Gasteiger partial charge in [0.25, 0.3) is 0 Å². The summed E-state index contributed by atoms with van der Waals surface area (Å²) in [7, 11) is 0. The molecule has 19 heavy (non-hydrogen) atoms. The van der Waals surface area contributed by atoms with Gasteiger partial charge in [-0.05, 0) is 47.5 Å². The highest BCUT2D eigenvalue weighted by atomic mass is 32.1. The van der Waals surface area contributed by atoms with Crippen molar-refractivity contribution in [3.05, 3.63) is 58.5 Å². The fourth-order valence-corrected chi connectivity index (χ4v) is 3.59. The van der Waals surface area contributed by atoms with Crippen LogP contribution in [0.2, 0.25) is 0 Å². The van der Waals surface area contributed by atoms with Crippen LogP contribution in [0.25, 0.3) is 21.2 Å². The molecule has 1 N–H and O–H groups in total. The van der Waals surface area contributed by atoms with Crippen LogP contribution in [0.1, 0.15) is 16.7 Å². The molecular formula is C17H16OS. The fraction of sp³-hybridized carbons (Fsp3) is 0.176. The molecule has 0 amide bonds. The molecule has 1 nitrogen and oxygen atoms in total. The van der Waals surface area contributed by atoms with Gasteiger partial charge in [-0.15, -0.1) is 11.3 Å². The number of benzene rings is 2. The van der Waals surface area contributed by atoms with E-state index in [2.05, 4.69) is 55.6 Å². The Bertz CT molecular complexity index is 740. The van der Waals surface area contributed by atoms with Crippen molar-refractivity contribution in [2.45, 2.75) is 20.5 Å². The van der Waals surface area contributed by atoms with Gasteiger partial charge >= 0.3 is 0 Å². The molecule has 0 aliphatic carbocycles. The summed E-state index contributed by atoms with van der Waals surface area (Å²) in [6.07, 6.45) is 0. The largest absolute Gasteiger partial charge is 0.392 e. The lowest BCUT2D eigenvalue weighted by Gasteiger charge is -2.06. The Labute approximate surface area is 117 Å². The van der Waals surface area contributed by atoms with Crippen molar-refractivity contribution < 1.29 is 5.11 Å². The van der Waals surface area contributed by atoms with E-state index in [-0.39, 0.29) is 6.61 Å². The molecule has 0 bridgehead atoms. The smallest absolute Gasteiger partial charge is 0.0682 e. The van der Waals surface area contributed by atoms with Crippen molar-refractivity contribution >= 4 is 21.4 Å². The number of fused-ring (bicyclic) bond motifs is 1. The predicted molar refractivity (Wildman–Crippen MR) is 82.7 cm³/mol. The maximum Gasteiger partial charge on any atom is 0.0682 e. The van der Waals surface area contributed by atoms with Gasteiger partial charge in [0.15, 0.2) is 0 Å². The van der Waals surface area contributed by atoms with Crippen LogP contribution in [-0.2, 0) is 6.61 Å².